The minimum Gasteiger partial charge on any atom is -0.497 e. The largest absolute Gasteiger partial charge is 0.497 e. The predicted octanol–water partition coefficient (Wildman–Crippen LogP) is 4.12. The normalized spacial score (nSPS) is 13.6. The van der Waals surface area contributed by atoms with E-state index in [0.717, 1.165) is 16.7 Å². The molecule has 0 aliphatic rings. The summed E-state index contributed by atoms with van der Waals surface area (Å²) in [5, 5.41) is 19.6. The average molecular weight is 424 g/mol. The molecule has 3 aromatic rings. The maximum atomic E-state index is 12.6. The number of aromatic nitrogens is 3. The standard InChI is InChI=1S/C24H29N3O4/c1-15(2)22(29)23(21(28)14-24(3,4)5)31-17-9-7-16(8-10-17)27-25-19-12-11-18(30-6)13-20(19)26-27/h7-13,21,23,28H,1,14H2,2-6H3. The minimum atomic E-state index is -1.01. The van der Waals surface area contributed by atoms with E-state index in [4.69, 9.17) is 9.47 Å². The molecule has 0 bridgehead atoms. The van der Waals surface area contributed by atoms with Crippen LogP contribution in [-0.4, -0.2) is 45.2 Å². The number of nitrogens with zero attached hydrogens (tertiary/aromatic N) is 3. The second kappa shape index (κ2) is 8.89. The first-order valence-corrected chi connectivity index (χ1v) is 10.1. The number of ether oxygens (including phenoxy) is 2. The number of hydrogen-bond donors (Lipinski definition) is 1. The lowest BCUT2D eigenvalue weighted by atomic mass is 9.86. The Hall–Kier alpha value is -3.19. The molecule has 7 heteroatoms. The number of aliphatic hydroxyl groups is 1. The van der Waals surface area contributed by atoms with Crippen LogP contribution in [0.1, 0.15) is 34.1 Å². The Bertz CT molecular complexity index is 1080. The molecule has 31 heavy (non-hydrogen) atoms. The third-order valence-electron chi connectivity index (χ3n) is 4.77. The zero-order valence-electron chi connectivity index (χ0n) is 18.6. The summed E-state index contributed by atoms with van der Waals surface area (Å²) in [6.07, 6.45) is -1.54. The molecule has 2 aromatic carbocycles. The summed E-state index contributed by atoms with van der Waals surface area (Å²) in [5.41, 5.74) is 2.39. The third kappa shape index (κ3) is 5.49. The number of rotatable bonds is 8. The van der Waals surface area contributed by atoms with Gasteiger partial charge in [-0.2, -0.15) is 4.80 Å². The molecule has 0 radical (unpaired) electrons. The van der Waals surface area contributed by atoms with Gasteiger partial charge in [0.05, 0.1) is 18.9 Å². The number of ketones is 1. The van der Waals surface area contributed by atoms with Crippen LogP contribution in [0.4, 0.5) is 0 Å². The first-order chi connectivity index (χ1) is 14.6. The van der Waals surface area contributed by atoms with Crippen LogP contribution >= 0.6 is 0 Å². The average Bonchev–Trinajstić information content (AvgIpc) is 3.13. The van der Waals surface area contributed by atoms with Gasteiger partial charge in [0, 0.05) is 6.07 Å². The molecule has 7 nitrogen and oxygen atoms in total. The number of aliphatic hydroxyl groups excluding tert-OH is 1. The number of benzene rings is 2. The zero-order chi connectivity index (χ0) is 22.8. The van der Waals surface area contributed by atoms with Crippen molar-refractivity contribution in [2.24, 2.45) is 5.41 Å². The molecular formula is C24H29N3O4. The van der Waals surface area contributed by atoms with Gasteiger partial charge in [-0.1, -0.05) is 27.4 Å². The van der Waals surface area contributed by atoms with Crippen LogP contribution in [0.5, 0.6) is 11.5 Å². The van der Waals surface area contributed by atoms with E-state index in [9.17, 15) is 9.90 Å². The number of carbonyl (C=O) groups excluding carboxylic acids is 1. The molecule has 0 fully saturated rings. The topological polar surface area (TPSA) is 86.5 Å². The van der Waals surface area contributed by atoms with E-state index in [2.05, 4.69) is 16.8 Å². The molecule has 0 aliphatic heterocycles. The fourth-order valence-electron chi connectivity index (χ4n) is 3.23. The summed E-state index contributed by atoms with van der Waals surface area (Å²) in [7, 11) is 1.61. The van der Waals surface area contributed by atoms with Crippen LogP contribution in [0.25, 0.3) is 16.7 Å². The number of carbonyl (C=O) groups is 1. The van der Waals surface area contributed by atoms with Crippen molar-refractivity contribution < 1.29 is 19.4 Å². The highest BCUT2D eigenvalue weighted by atomic mass is 16.5. The maximum Gasteiger partial charge on any atom is 0.201 e. The van der Waals surface area contributed by atoms with Gasteiger partial charge < -0.3 is 14.6 Å². The lowest BCUT2D eigenvalue weighted by molar-refractivity contribution is -0.127. The van der Waals surface area contributed by atoms with Crippen molar-refractivity contribution in [3.8, 4) is 17.2 Å². The fraction of sp³-hybridized carbons (Fsp3) is 0.375. The number of fused-ring (bicyclic) bond motifs is 1. The summed E-state index contributed by atoms with van der Waals surface area (Å²) in [4.78, 5) is 14.1. The van der Waals surface area contributed by atoms with Gasteiger partial charge in [-0.15, -0.1) is 10.2 Å². The summed E-state index contributed by atoms with van der Waals surface area (Å²) in [5.74, 6) is 0.870. The van der Waals surface area contributed by atoms with Crippen LogP contribution in [-0.2, 0) is 4.79 Å². The van der Waals surface area contributed by atoms with Crippen LogP contribution in [0, 0.1) is 5.41 Å². The van der Waals surface area contributed by atoms with Crippen LogP contribution in [0.15, 0.2) is 54.6 Å². The second-order valence-corrected chi connectivity index (χ2v) is 8.85. The van der Waals surface area contributed by atoms with Gasteiger partial charge >= 0.3 is 0 Å². The summed E-state index contributed by atoms with van der Waals surface area (Å²) in [6, 6.07) is 12.5. The third-order valence-corrected chi connectivity index (χ3v) is 4.77. The zero-order valence-corrected chi connectivity index (χ0v) is 18.6. The van der Waals surface area contributed by atoms with Gasteiger partial charge in [0.1, 0.15) is 22.5 Å². The highest BCUT2D eigenvalue weighted by Gasteiger charge is 2.32. The molecule has 0 saturated carbocycles. The Morgan fingerprint density at radius 2 is 1.71 bits per heavy atom. The molecule has 3 rings (SSSR count). The number of hydrogen-bond acceptors (Lipinski definition) is 6. The van der Waals surface area contributed by atoms with E-state index in [1.54, 1.807) is 38.3 Å². The molecule has 0 saturated heterocycles. The number of Topliss-reactive ketones (excluding diaryl/α,β-unsaturated/α-hetero) is 1. The van der Waals surface area contributed by atoms with Crippen molar-refractivity contribution in [3.63, 3.8) is 0 Å². The molecule has 0 aliphatic carbocycles. The Balaban J connectivity index is 1.81. The van der Waals surface area contributed by atoms with Crippen LogP contribution in [0.2, 0.25) is 0 Å². The van der Waals surface area contributed by atoms with Crippen molar-refractivity contribution in [2.45, 2.75) is 46.3 Å². The second-order valence-electron chi connectivity index (χ2n) is 8.85. The molecule has 0 spiro atoms. The molecule has 2 atom stereocenters. The van der Waals surface area contributed by atoms with Gasteiger partial charge in [-0.3, -0.25) is 4.79 Å². The highest BCUT2D eigenvalue weighted by Crippen LogP contribution is 2.26. The molecule has 164 valence electrons. The summed E-state index contributed by atoms with van der Waals surface area (Å²) in [6.45, 7) is 11.3. The van der Waals surface area contributed by atoms with Gasteiger partial charge in [0.2, 0.25) is 5.78 Å². The highest BCUT2D eigenvalue weighted by molar-refractivity contribution is 5.98. The quantitative estimate of drug-likeness (QED) is 0.549. The van der Waals surface area contributed by atoms with Gasteiger partial charge in [0.15, 0.2) is 6.10 Å². The van der Waals surface area contributed by atoms with Gasteiger partial charge in [0.25, 0.3) is 0 Å². The molecule has 2 unspecified atom stereocenters. The van der Waals surface area contributed by atoms with Crippen molar-refractivity contribution in [1.29, 1.82) is 0 Å². The van der Waals surface area contributed by atoms with E-state index >= 15 is 0 Å². The van der Waals surface area contributed by atoms with E-state index in [-0.39, 0.29) is 11.2 Å². The first kappa shape index (κ1) is 22.5. The smallest absolute Gasteiger partial charge is 0.201 e. The Morgan fingerprint density at radius 1 is 1.10 bits per heavy atom. The SMILES string of the molecule is C=C(C)C(=O)C(Oc1ccc(-n2nc3ccc(OC)cc3n2)cc1)C(O)CC(C)(C)C. The van der Waals surface area contributed by atoms with Crippen LogP contribution in [0.3, 0.4) is 0 Å². The van der Waals surface area contributed by atoms with Gasteiger partial charge in [-0.05, 0) is 60.7 Å². The Labute approximate surface area is 182 Å². The molecule has 1 heterocycles. The van der Waals surface area contributed by atoms with Gasteiger partial charge in [-0.25, -0.2) is 0 Å². The lowest BCUT2D eigenvalue weighted by Crippen LogP contribution is -2.41. The molecule has 1 aromatic heterocycles. The van der Waals surface area contributed by atoms with E-state index in [1.165, 1.54) is 4.80 Å². The minimum absolute atomic E-state index is 0.156. The lowest BCUT2D eigenvalue weighted by Gasteiger charge is -2.28. The van der Waals surface area contributed by atoms with Crippen molar-refractivity contribution in [2.75, 3.05) is 7.11 Å². The predicted molar refractivity (Wildman–Crippen MR) is 120 cm³/mol. The fourth-order valence-corrected chi connectivity index (χ4v) is 3.23. The first-order valence-electron chi connectivity index (χ1n) is 10.1. The molecule has 0 amide bonds. The molecular weight excluding hydrogens is 394 g/mol. The summed E-state index contributed by atoms with van der Waals surface area (Å²) < 4.78 is 11.1. The number of methoxy groups -OCH3 is 1. The molecule has 1 N–H and O–H groups in total. The monoisotopic (exact) mass is 423 g/mol. The van der Waals surface area contributed by atoms with Crippen molar-refractivity contribution in [1.82, 2.24) is 15.0 Å². The van der Waals surface area contributed by atoms with Crippen molar-refractivity contribution >= 4 is 16.8 Å². The Morgan fingerprint density at radius 3 is 2.29 bits per heavy atom. The van der Waals surface area contributed by atoms with E-state index in [0.29, 0.717) is 23.5 Å². The van der Waals surface area contributed by atoms with Crippen molar-refractivity contribution in [3.05, 3.63) is 54.6 Å². The summed E-state index contributed by atoms with van der Waals surface area (Å²) >= 11 is 0. The van der Waals surface area contributed by atoms with E-state index < -0.39 is 12.2 Å². The van der Waals surface area contributed by atoms with Crippen LogP contribution < -0.4 is 9.47 Å². The maximum absolute atomic E-state index is 12.6. The Kier molecular flexibility index (Phi) is 6.45. The van der Waals surface area contributed by atoms with E-state index in [1.807, 2.05) is 39.0 Å².